The second-order valence-corrected chi connectivity index (χ2v) is 5.29. The Bertz CT molecular complexity index is 449. The normalized spacial score (nSPS) is 22.9. The maximum absolute atomic E-state index is 11.6. The molecule has 0 aromatic heterocycles. The Morgan fingerprint density at radius 2 is 2.05 bits per heavy atom. The minimum absolute atomic E-state index is 0.0861. The summed E-state index contributed by atoms with van der Waals surface area (Å²) in [5.41, 5.74) is 0.938. The quantitative estimate of drug-likeness (QED) is 0.835. The van der Waals surface area contributed by atoms with E-state index in [2.05, 4.69) is 17.9 Å². The maximum atomic E-state index is 11.6. The number of rotatable bonds is 3. The molecule has 0 spiro atoms. The first-order valence-electron chi connectivity index (χ1n) is 6.33. The molecule has 2 rings (SSSR count). The van der Waals surface area contributed by atoms with E-state index in [1.165, 1.54) is 0 Å². The van der Waals surface area contributed by atoms with Gasteiger partial charge >= 0.3 is 6.09 Å². The second-order valence-electron chi connectivity index (χ2n) is 4.67. The van der Waals surface area contributed by atoms with E-state index < -0.39 is 6.09 Å². The highest BCUT2D eigenvalue weighted by atomic mass is 32.1. The Morgan fingerprint density at radius 1 is 1.32 bits per heavy atom. The van der Waals surface area contributed by atoms with Crippen LogP contribution in [0.2, 0.25) is 0 Å². The zero-order valence-electron chi connectivity index (χ0n) is 10.5. The summed E-state index contributed by atoms with van der Waals surface area (Å²) in [5, 5.41) is 2.54. The van der Waals surface area contributed by atoms with Gasteiger partial charge in [0.05, 0.1) is 5.25 Å². The Morgan fingerprint density at radius 3 is 2.74 bits per heavy atom. The van der Waals surface area contributed by atoms with Crippen LogP contribution in [0.25, 0.3) is 0 Å². The Labute approximate surface area is 117 Å². The molecule has 1 saturated carbocycles. The van der Waals surface area contributed by atoms with Gasteiger partial charge < -0.3 is 10.1 Å². The van der Waals surface area contributed by atoms with Gasteiger partial charge in [0.2, 0.25) is 0 Å². The minimum Gasteiger partial charge on any atom is -0.445 e. The summed E-state index contributed by atoms with van der Waals surface area (Å²) in [5.74, 6) is 0.0861. The number of carbonyl (C=O) groups is 2. The van der Waals surface area contributed by atoms with Crippen molar-refractivity contribution in [3.8, 4) is 0 Å². The zero-order valence-corrected chi connectivity index (χ0v) is 11.4. The molecule has 4 nitrogen and oxygen atoms in total. The molecule has 1 aromatic carbocycles. The lowest BCUT2D eigenvalue weighted by Crippen LogP contribution is -2.41. The first-order chi connectivity index (χ1) is 9.15. The Balaban J connectivity index is 1.74. The van der Waals surface area contributed by atoms with Crippen LogP contribution in [0.15, 0.2) is 30.3 Å². The lowest BCUT2D eigenvalue weighted by molar-refractivity contribution is -0.120. The number of alkyl carbamates (subject to hydrolysis) is 1. The number of amides is 1. The molecule has 0 heterocycles. The molecule has 19 heavy (non-hydrogen) atoms. The van der Waals surface area contributed by atoms with Gasteiger partial charge in [-0.05, 0) is 18.4 Å². The third-order valence-electron chi connectivity index (χ3n) is 3.14. The van der Waals surface area contributed by atoms with Gasteiger partial charge in [-0.15, -0.1) is 0 Å². The van der Waals surface area contributed by atoms with E-state index in [-0.39, 0.29) is 23.7 Å². The van der Waals surface area contributed by atoms with Crippen LogP contribution >= 0.6 is 12.6 Å². The Hall–Kier alpha value is -1.49. The summed E-state index contributed by atoms with van der Waals surface area (Å²) in [6.45, 7) is 0.239. The van der Waals surface area contributed by atoms with Crippen molar-refractivity contribution in [3.63, 3.8) is 0 Å². The predicted molar refractivity (Wildman–Crippen MR) is 75.2 cm³/mol. The summed E-state index contributed by atoms with van der Waals surface area (Å²) >= 11 is 4.18. The molecule has 0 saturated heterocycles. The van der Waals surface area contributed by atoms with Crippen molar-refractivity contribution in [2.24, 2.45) is 0 Å². The minimum atomic E-state index is -0.473. The van der Waals surface area contributed by atoms with Crippen LogP contribution in [0.1, 0.15) is 24.8 Å². The molecule has 1 N–H and O–H groups in total. The van der Waals surface area contributed by atoms with Gasteiger partial charge in [-0.3, -0.25) is 4.79 Å². The monoisotopic (exact) mass is 279 g/mol. The highest BCUT2D eigenvalue weighted by molar-refractivity contribution is 7.81. The first-order valence-corrected chi connectivity index (χ1v) is 6.85. The summed E-state index contributed by atoms with van der Waals surface area (Å²) in [6, 6.07) is 9.35. The van der Waals surface area contributed by atoms with Gasteiger partial charge in [-0.1, -0.05) is 30.3 Å². The van der Waals surface area contributed by atoms with Crippen LogP contribution in [-0.2, 0) is 16.1 Å². The number of ether oxygens (including phenoxy) is 1. The van der Waals surface area contributed by atoms with Crippen LogP contribution in [-0.4, -0.2) is 23.2 Å². The largest absolute Gasteiger partial charge is 0.445 e. The summed E-state index contributed by atoms with van der Waals surface area (Å²) in [6.07, 6.45) is 1.33. The number of Topliss-reactive ketones (excluding diaryl/α,β-unsaturated/α-hetero) is 1. The molecule has 0 radical (unpaired) electrons. The van der Waals surface area contributed by atoms with Crippen LogP contribution < -0.4 is 5.32 Å². The number of benzene rings is 1. The summed E-state index contributed by atoms with van der Waals surface area (Å²) in [4.78, 5) is 23.1. The van der Waals surface area contributed by atoms with Crippen molar-refractivity contribution in [2.45, 2.75) is 37.2 Å². The Kier molecular flexibility index (Phi) is 4.85. The van der Waals surface area contributed by atoms with Crippen molar-refractivity contribution in [3.05, 3.63) is 35.9 Å². The van der Waals surface area contributed by atoms with E-state index >= 15 is 0 Å². The highest BCUT2D eigenvalue weighted by Gasteiger charge is 2.27. The average Bonchev–Trinajstić information content (AvgIpc) is 2.42. The van der Waals surface area contributed by atoms with Crippen molar-refractivity contribution >= 4 is 24.5 Å². The number of nitrogens with one attached hydrogen (secondary N) is 1. The molecule has 5 heteroatoms. The number of carbonyl (C=O) groups excluding carboxylic acids is 2. The maximum Gasteiger partial charge on any atom is 0.407 e. The fourth-order valence-electron chi connectivity index (χ4n) is 2.06. The van der Waals surface area contributed by atoms with Crippen molar-refractivity contribution in [1.29, 1.82) is 0 Å². The van der Waals surface area contributed by atoms with Gasteiger partial charge in [0.15, 0.2) is 0 Å². The molecule has 1 aliphatic rings. The second kappa shape index (κ2) is 6.61. The van der Waals surface area contributed by atoms with E-state index in [1.807, 2.05) is 30.3 Å². The fraction of sp³-hybridized carbons (Fsp3) is 0.429. The van der Waals surface area contributed by atoms with E-state index in [9.17, 15) is 9.59 Å². The number of ketones is 1. The summed E-state index contributed by atoms with van der Waals surface area (Å²) < 4.78 is 5.11. The highest BCUT2D eigenvalue weighted by Crippen LogP contribution is 2.19. The van der Waals surface area contributed by atoms with Gasteiger partial charge in [-0.2, -0.15) is 12.6 Å². The molecule has 1 aliphatic carbocycles. The molecule has 0 aliphatic heterocycles. The van der Waals surface area contributed by atoms with E-state index in [0.29, 0.717) is 12.8 Å². The van der Waals surface area contributed by atoms with E-state index in [1.54, 1.807) is 0 Å². The number of hydrogen-bond acceptors (Lipinski definition) is 4. The molecule has 1 fully saturated rings. The van der Waals surface area contributed by atoms with E-state index in [0.717, 1.165) is 12.0 Å². The molecule has 102 valence electrons. The molecular formula is C14H17NO3S. The first kappa shape index (κ1) is 13.9. The molecule has 2 unspecified atom stereocenters. The van der Waals surface area contributed by atoms with Gasteiger partial charge in [0.25, 0.3) is 0 Å². The van der Waals surface area contributed by atoms with Crippen LogP contribution in [0, 0.1) is 0 Å². The van der Waals surface area contributed by atoms with Crippen molar-refractivity contribution in [2.75, 3.05) is 0 Å². The average molecular weight is 279 g/mol. The smallest absolute Gasteiger partial charge is 0.407 e. The van der Waals surface area contributed by atoms with Gasteiger partial charge in [0.1, 0.15) is 12.4 Å². The van der Waals surface area contributed by atoms with E-state index in [4.69, 9.17) is 4.74 Å². The molecule has 1 aromatic rings. The van der Waals surface area contributed by atoms with Crippen LogP contribution in [0.4, 0.5) is 4.79 Å². The third-order valence-corrected chi connectivity index (χ3v) is 3.69. The summed E-state index contributed by atoms with van der Waals surface area (Å²) in [7, 11) is 0. The molecule has 1 amide bonds. The third kappa shape index (κ3) is 4.28. The molecule has 0 bridgehead atoms. The number of hydrogen-bond donors (Lipinski definition) is 2. The molecule has 2 atom stereocenters. The SMILES string of the molecule is O=C(NC1CCC(S)C(=O)C1)OCc1ccccc1. The van der Waals surface area contributed by atoms with Crippen LogP contribution in [0.3, 0.4) is 0 Å². The van der Waals surface area contributed by atoms with Gasteiger partial charge in [-0.25, -0.2) is 4.79 Å². The molecular weight excluding hydrogens is 262 g/mol. The van der Waals surface area contributed by atoms with Gasteiger partial charge in [0, 0.05) is 12.5 Å². The fourth-order valence-corrected chi connectivity index (χ4v) is 2.31. The number of thiol groups is 1. The standard InChI is InChI=1S/C14H17NO3S/c16-12-8-11(6-7-13(12)19)15-14(17)18-9-10-4-2-1-3-5-10/h1-5,11,13,19H,6-9H2,(H,15,17). The topological polar surface area (TPSA) is 55.4 Å². The van der Waals surface area contributed by atoms with Crippen LogP contribution in [0.5, 0.6) is 0 Å². The predicted octanol–water partition coefficient (Wildman–Crippen LogP) is 2.33. The van der Waals surface area contributed by atoms with Crippen molar-refractivity contribution in [1.82, 2.24) is 5.32 Å². The van der Waals surface area contributed by atoms with Crippen molar-refractivity contribution < 1.29 is 14.3 Å². The zero-order chi connectivity index (χ0) is 13.7. The lowest BCUT2D eigenvalue weighted by atomic mass is 9.94. The lowest BCUT2D eigenvalue weighted by Gasteiger charge is -2.25.